The van der Waals surface area contributed by atoms with Crippen molar-refractivity contribution in [1.82, 2.24) is 20.1 Å². The molecule has 0 aliphatic carbocycles. The van der Waals surface area contributed by atoms with Gasteiger partial charge in [0, 0.05) is 11.1 Å². The first-order chi connectivity index (χ1) is 9.63. The fraction of sp³-hybridized carbons (Fsp3) is 0.231. The molecule has 0 saturated heterocycles. The Bertz CT molecular complexity index is 734. The molecule has 0 aromatic carbocycles. The fourth-order valence-electron chi connectivity index (χ4n) is 1.69. The molecule has 3 aromatic heterocycles. The van der Waals surface area contributed by atoms with Crippen LogP contribution in [-0.2, 0) is 0 Å². The van der Waals surface area contributed by atoms with Crippen LogP contribution in [0.2, 0.25) is 0 Å². The third-order valence-electron chi connectivity index (χ3n) is 2.67. The van der Waals surface area contributed by atoms with E-state index in [4.69, 9.17) is 10.3 Å². The van der Waals surface area contributed by atoms with E-state index in [1.165, 1.54) is 11.3 Å². The van der Waals surface area contributed by atoms with Gasteiger partial charge in [-0.1, -0.05) is 11.2 Å². The fourth-order valence-corrected chi connectivity index (χ4v) is 2.45. The number of rotatable bonds is 3. The zero-order valence-corrected chi connectivity index (χ0v) is 11.9. The van der Waals surface area contributed by atoms with Gasteiger partial charge in [-0.05, 0) is 26.0 Å². The van der Waals surface area contributed by atoms with Gasteiger partial charge in [-0.15, -0.1) is 11.3 Å². The van der Waals surface area contributed by atoms with Gasteiger partial charge in [0.15, 0.2) is 0 Å². The molecule has 0 saturated carbocycles. The third-order valence-corrected chi connectivity index (χ3v) is 3.72. The molecule has 0 spiro atoms. The van der Waals surface area contributed by atoms with Gasteiger partial charge in [0.1, 0.15) is 16.4 Å². The molecule has 0 bridgehead atoms. The summed E-state index contributed by atoms with van der Waals surface area (Å²) in [5.74, 6) is 0.838. The Morgan fingerprint density at radius 1 is 1.20 bits per heavy atom. The normalized spacial score (nSPS) is 12.6. The van der Waals surface area contributed by atoms with Crippen molar-refractivity contribution in [3.05, 3.63) is 34.3 Å². The summed E-state index contributed by atoms with van der Waals surface area (Å²) < 4.78 is 5.24. The maximum Gasteiger partial charge on any atom is 0.277 e. The number of aryl methyl sites for hydroxylation is 1. The lowest BCUT2D eigenvalue weighted by Gasteiger charge is -1.95. The molecule has 0 aliphatic rings. The van der Waals surface area contributed by atoms with E-state index in [9.17, 15) is 0 Å². The van der Waals surface area contributed by atoms with Crippen LogP contribution >= 0.6 is 11.3 Å². The summed E-state index contributed by atoms with van der Waals surface area (Å²) in [6.45, 7) is 3.80. The lowest BCUT2D eigenvalue weighted by molar-refractivity contribution is 0.431. The Labute approximate surface area is 119 Å². The Balaban J connectivity index is 1.93. The topological polar surface area (TPSA) is 90.7 Å². The van der Waals surface area contributed by atoms with Crippen molar-refractivity contribution >= 4 is 11.3 Å². The van der Waals surface area contributed by atoms with Crippen molar-refractivity contribution in [3.8, 4) is 23.1 Å². The number of pyridine rings is 1. The van der Waals surface area contributed by atoms with Gasteiger partial charge < -0.3 is 10.3 Å². The molecule has 0 fully saturated rings. The molecule has 20 heavy (non-hydrogen) atoms. The number of hydrogen-bond acceptors (Lipinski definition) is 7. The lowest BCUT2D eigenvalue weighted by Crippen LogP contribution is -2.03. The van der Waals surface area contributed by atoms with Gasteiger partial charge in [0.2, 0.25) is 5.82 Å². The average Bonchev–Trinajstić information content (AvgIpc) is 3.08. The van der Waals surface area contributed by atoms with Gasteiger partial charge >= 0.3 is 0 Å². The molecule has 6 nitrogen and oxygen atoms in total. The SMILES string of the molecule is Cc1cccc(-c2noc(-c3csc(C(C)N)n3)n2)n1. The number of thiazole rings is 1. The first-order valence-electron chi connectivity index (χ1n) is 6.12. The van der Waals surface area contributed by atoms with Gasteiger partial charge in [0.25, 0.3) is 5.89 Å². The van der Waals surface area contributed by atoms with Crippen LogP contribution in [0.5, 0.6) is 0 Å². The standard InChI is InChI=1S/C13H13N5OS/c1-7-4-3-5-9(15-7)11-17-12(19-18-11)10-6-20-13(16-10)8(2)14/h3-6,8H,14H2,1-2H3. The molecule has 0 aliphatic heterocycles. The molecule has 2 N–H and O–H groups in total. The molecule has 102 valence electrons. The molecule has 1 unspecified atom stereocenters. The Morgan fingerprint density at radius 2 is 2.05 bits per heavy atom. The largest absolute Gasteiger partial charge is 0.332 e. The van der Waals surface area contributed by atoms with E-state index >= 15 is 0 Å². The second-order valence-electron chi connectivity index (χ2n) is 4.45. The molecule has 3 aromatic rings. The van der Waals surface area contributed by atoms with E-state index in [-0.39, 0.29) is 6.04 Å². The van der Waals surface area contributed by atoms with Crippen LogP contribution in [0.3, 0.4) is 0 Å². The van der Waals surface area contributed by atoms with Crippen molar-refractivity contribution in [1.29, 1.82) is 0 Å². The third kappa shape index (κ3) is 2.45. The van der Waals surface area contributed by atoms with Crippen LogP contribution in [0.25, 0.3) is 23.1 Å². The molecule has 3 rings (SSSR count). The van der Waals surface area contributed by atoms with Crippen molar-refractivity contribution in [2.45, 2.75) is 19.9 Å². The van der Waals surface area contributed by atoms with E-state index in [1.807, 2.05) is 37.4 Å². The minimum Gasteiger partial charge on any atom is -0.332 e. The summed E-state index contributed by atoms with van der Waals surface area (Å²) in [5, 5.41) is 6.64. The van der Waals surface area contributed by atoms with E-state index in [1.54, 1.807) is 0 Å². The van der Waals surface area contributed by atoms with E-state index < -0.39 is 0 Å². The summed E-state index contributed by atoms with van der Waals surface area (Å²) in [6, 6.07) is 5.57. The highest BCUT2D eigenvalue weighted by atomic mass is 32.1. The van der Waals surface area contributed by atoms with Gasteiger partial charge in [-0.3, -0.25) is 0 Å². The second kappa shape index (κ2) is 5.10. The molecular formula is C13H13N5OS. The lowest BCUT2D eigenvalue weighted by atomic mass is 10.3. The number of aromatic nitrogens is 4. The highest BCUT2D eigenvalue weighted by molar-refractivity contribution is 7.10. The minimum atomic E-state index is -0.102. The number of nitrogens with two attached hydrogens (primary N) is 1. The number of nitrogens with zero attached hydrogens (tertiary/aromatic N) is 4. The Morgan fingerprint density at radius 3 is 2.75 bits per heavy atom. The maximum atomic E-state index is 5.79. The zero-order chi connectivity index (χ0) is 14.1. The first kappa shape index (κ1) is 12.9. The highest BCUT2D eigenvalue weighted by Gasteiger charge is 2.15. The van der Waals surface area contributed by atoms with E-state index in [2.05, 4.69) is 20.1 Å². The van der Waals surface area contributed by atoms with Crippen LogP contribution in [0.15, 0.2) is 28.1 Å². The summed E-state index contributed by atoms with van der Waals surface area (Å²) in [6.07, 6.45) is 0. The summed E-state index contributed by atoms with van der Waals surface area (Å²) in [5.41, 5.74) is 8.02. The van der Waals surface area contributed by atoms with Gasteiger partial charge in [-0.25, -0.2) is 9.97 Å². The van der Waals surface area contributed by atoms with Crippen LogP contribution < -0.4 is 5.73 Å². The second-order valence-corrected chi connectivity index (χ2v) is 5.34. The smallest absolute Gasteiger partial charge is 0.277 e. The van der Waals surface area contributed by atoms with Crippen molar-refractivity contribution in [2.75, 3.05) is 0 Å². The Kier molecular flexibility index (Phi) is 3.29. The number of hydrogen-bond donors (Lipinski definition) is 1. The van der Waals surface area contributed by atoms with Crippen molar-refractivity contribution < 1.29 is 4.52 Å². The predicted octanol–water partition coefficient (Wildman–Crippen LogP) is 2.58. The van der Waals surface area contributed by atoms with Crippen molar-refractivity contribution in [3.63, 3.8) is 0 Å². The Hall–Kier alpha value is -2.12. The van der Waals surface area contributed by atoms with Crippen LogP contribution in [0.1, 0.15) is 23.7 Å². The maximum absolute atomic E-state index is 5.79. The predicted molar refractivity (Wildman–Crippen MR) is 76.0 cm³/mol. The average molecular weight is 287 g/mol. The van der Waals surface area contributed by atoms with E-state index in [0.717, 1.165) is 10.7 Å². The van der Waals surface area contributed by atoms with Gasteiger partial charge in [0.05, 0.1) is 6.04 Å². The molecule has 0 radical (unpaired) electrons. The molecule has 3 heterocycles. The summed E-state index contributed by atoms with van der Waals surface area (Å²) in [7, 11) is 0. The summed E-state index contributed by atoms with van der Waals surface area (Å²) >= 11 is 1.48. The summed E-state index contributed by atoms with van der Waals surface area (Å²) in [4.78, 5) is 13.1. The highest BCUT2D eigenvalue weighted by Crippen LogP contribution is 2.25. The molecule has 1 atom stereocenters. The molecular weight excluding hydrogens is 274 g/mol. The van der Waals surface area contributed by atoms with Crippen LogP contribution in [0.4, 0.5) is 0 Å². The first-order valence-corrected chi connectivity index (χ1v) is 7.00. The van der Waals surface area contributed by atoms with Gasteiger partial charge in [-0.2, -0.15) is 4.98 Å². The monoisotopic (exact) mass is 287 g/mol. The van der Waals surface area contributed by atoms with Crippen LogP contribution in [-0.4, -0.2) is 20.1 Å². The zero-order valence-electron chi connectivity index (χ0n) is 11.1. The molecule has 0 amide bonds. The van der Waals surface area contributed by atoms with E-state index in [0.29, 0.717) is 23.1 Å². The minimum absolute atomic E-state index is 0.102. The molecule has 7 heteroatoms. The quantitative estimate of drug-likeness (QED) is 0.796. The van der Waals surface area contributed by atoms with Crippen LogP contribution in [0, 0.1) is 6.92 Å². The van der Waals surface area contributed by atoms with Crippen molar-refractivity contribution in [2.24, 2.45) is 5.73 Å².